The molecule has 0 aliphatic carbocycles. The van der Waals surface area contributed by atoms with E-state index in [2.05, 4.69) is 15.6 Å². The molecule has 3 rings (SSSR count). The first-order valence-corrected chi connectivity index (χ1v) is 11.6. The largest absolute Gasteiger partial charge is 0.356 e. The minimum absolute atomic E-state index is 0.0381. The third-order valence-corrected chi connectivity index (χ3v) is 5.82. The van der Waals surface area contributed by atoms with E-state index < -0.39 is 10.0 Å². The van der Waals surface area contributed by atoms with Crippen LogP contribution < -0.4 is 16.0 Å². The van der Waals surface area contributed by atoms with E-state index in [9.17, 15) is 18.0 Å². The molecule has 9 nitrogen and oxygen atoms in total. The van der Waals surface area contributed by atoms with Gasteiger partial charge in [-0.3, -0.25) is 9.59 Å². The van der Waals surface area contributed by atoms with E-state index in [4.69, 9.17) is 5.14 Å². The van der Waals surface area contributed by atoms with E-state index in [1.807, 2.05) is 6.07 Å². The summed E-state index contributed by atoms with van der Waals surface area (Å²) in [6.45, 7) is 0.933. The number of nitrogens with two attached hydrogens (primary N) is 1. The zero-order chi connectivity index (χ0) is 22.3. The predicted octanol–water partition coefficient (Wildman–Crippen LogP) is 1.36. The lowest BCUT2D eigenvalue weighted by Gasteiger charge is -2.07. The van der Waals surface area contributed by atoms with Crippen molar-refractivity contribution in [3.63, 3.8) is 0 Å². The normalized spacial score (nSPS) is 11.5. The van der Waals surface area contributed by atoms with Crippen LogP contribution in [-0.2, 0) is 27.8 Å². The Morgan fingerprint density at radius 3 is 2.52 bits per heavy atom. The van der Waals surface area contributed by atoms with E-state index >= 15 is 0 Å². The summed E-state index contributed by atoms with van der Waals surface area (Å²) < 4.78 is 23.8. The Bertz CT molecular complexity index is 1210. The van der Waals surface area contributed by atoms with Crippen molar-refractivity contribution in [2.45, 2.75) is 43.5 Å². The number of carbonyl (C=O) groups excluding carboxylic acids is 1. The van der Waals surface area contributed by atoms with Crippen LogP contribution in [0.15, 0.2) is 58.2 Å². The maximum Gasteiger partial charge on any atom is 0.277 e. The standard InChI is InChI=1S/C21H25N5O4S/c22-31(29,30)17-11-9-16(10-12-17)13-14-23-20(27)8-2-1-5-15-26-21(28)18-6-3-4-7-19(18)24-25-26/h3-4,6-7,9-12H,1-2,5,8,13-15H2,(H,23,27)(H2,22,29,30). The van der Waals surface area contributed by atoms with E-state index in [0.29, 0.717) is 43.3 Å². The molecule has 0 atom stereocenters. The fourth-order valence-electron chi connectivity index (χ4n) is 3.17. The van der Waals surface area contributed by atoms with Crippen LogP contribution in [0, 0.1) is 0 Å². The molecule has 164 valence electrons. The molecule has 2 aromatic carbocycles. The Kier molecular flexibility index (Phi) is 7.48. The Morgan fingerprint density at radius 2 is 1.77 bits per heavy atom. The number of unbranched alkanes of at least 4 members (excludes halogenated alkanes) is 2. The monoisotopic (exact) mass is 443 g/mol. The van der Waals surface area contributed by atoms with Crippen LogP contribution in [0.2, 0.25) is 0 Å². The van der Waals surface area contributed by atoms with Crippen molar-refractivity contribution in [2.24, 2.45) is 5.14 Å². The summed E-state index contributed by atoms with van der Waals surface area (Å²) in [5.74, 6) is -0.0381. The van der Waals surface area contributed by atoms with Gasteiger partial charge in [0, 0.05) is 19.5 Å². The van der Waals surface area contributed by atoms with E-state index in [-0.39, 0.29) is 16.4 Å². The number of fused-ring (bicyclic) bond motifs is 1. The highest BCUT2D eigenvalue weighted by Gasteiger charge is 2.07. The molecule has 0 radical (unpaired) electrons. The Labute approximate surface area is 180 Å². The van der Waals surface area contributed by atoms with Crippen LogP contribution in [0.25, 0.3) is 10.9 Å². The predicted molar refractivity (Wildman–Crippen MR) is 117 cm³/mol. The molecule has 10 heteroatoms. The SMILES string of the molecule is NS(=O)(=O)c1ccc(CCNC(=O)CCCCCn2nnc3ccccc3c2=O)cc1. The smallest absolute Gasteiger partial charge is 0.277 e. The van der Waals surface area contributed by atoms with E-state index in [1.54, 1.807) is 30.3 Å². The van der Waals surface area contributed by atoms with Crippen LogP contribution in [0.4, 0.5) is 0 Å². The number of aromatic nitrogens is 3. The second kappa shape index (κ2) is 10.3. The second-order valence-electron chi connectivity index (χ2n) is 7.23. The molecule has 0 aliphatic rings. The van der Waals surface area contributed by atoms with Crippen molar-refractivity contribution >= 4 is 26.8 Å². The van der Waals surface area contributed by atoms with Gasteiger partial charge >= 0.3 is 0 Å². The van der Waals surface area contributed by atoms with Gasteiger partial charge in [-0.05, 0) is 49.1 Å². The molecule has 1 amide bonds. The fourth-order valence-corrected chi connectivity index (χ4v) is 3.69. The van der Waals surface area contributed by atoms with Gasteiger partial charge in [-0.25, -0.2) is 18.2 Å². The molecule has 0 aliphatic heterocycles. The van der Waals surface area contributed by atoms with Crippen molar-refractivity contribution in [3.8, 4) is 0 Å². The molecule has 0 fully saturated rings. The fraction of sp³-hybridized carbons (Fsp3) is 0.333. The summed E-state index contributed by atoms with van der Waals surface area (Å²) >= 11 is 0. The van der Waals surface area contributed by atoms with Crippen molar-refractivity contribution in [3.05, 3.63) is 64.4 Å². The van der Waals surface area contributed by atoms with Gasteiger partial charge in [0.15, 0.2) is 0 Å². The first kappa shape index (κ1) is 22.6. The highest BCUT2D eigenvalue weighted by atomic mass is 32.2. The Morgan fingerprint density at radius 1 is 1.03 bits per heavy atom. The Hall–Kier alpha value is -3.11. The van der Waals surface area contributed by atoms with Crippen molar-refractivity contribution in [1.29, 1.82) is 0 Å². The van der Waals surface area contributed by atoms with Crippen LogP contribution >= 0.6 is 0 Å². The molecule has 31 heavy (non-hydrogen) atoms. The van der Waals surface area contributed by atoms with Gasteiger partial charge in [0.05, 0.1) is 10.3 Å². The van der Waals surface area contributed by atoms with E-state index in [0.717, 1.165) is 18.4 Å². The molecule has 1 heterocycles. The van der Waals surface area contributed by atoms with Gasteiger partial charge in [0.2, 0.25) is 15.9 Å². The van der Waals surface area contributed by atoms with Gasteiger partial charge in [0.1, 0.15) is 5.52 Å². The number of benzene rings is 2. The van der Waals surface area contributed by atoms with Crippen LogP contribution in [0.1, 0.15) is 31.2 Å². The molecule has 1 aromatic heterocycles. The Balaban J connectivity index is 1.34. The lowest BCUT2D eigenvalue weighted by Crippen LogP contribution is -2.25. The lowest BCUT2D eigenvalue weighted by atomic mass is 10.1. The van der Waals surface area contributed by atoms with Gasteiger partial charge in [-0.2, -0.15) is 0 Å². The molecular weight excluding hydrogens is 418 g/mol. The average molecular weight is 444 g/mol. The number of nitrogens with zero attached hydrogens (tertiary/aromatic N) is 3. The lowest BCUT2D eigenvalue weighted by molar-refractivity contribution is -0.121. The highest BCUT2D eigenvalue weighted by Crippen LogP contribution is 2.09. The number of aryl methyl sites for hydroxylation is 1. The third-order valence-electron chi connectivity index (χ3n) is 4.89. The quantitative estimate of drug-likeness (QED) is 0.454. The second-order valence-corrected chi connectivity index (χ2v) is 8.80. The number of nitrogens with one attached hydrogen (secondary N) is 1. The highest BCUT2D eigenvalue weighted by molar-refractivity contribution is 7.89. The summed E-state index contributed by atoms with van der Waals surface area (Å²) in [5, 5.41) is 16.5. The first-order valence-electron chi connectivity index (χ1n) is 10.1. The van der Waals surface area contributed by atoms with Crippen molar-refractivity contribution in [2.75, 3.05) is 6.54 Å². The van der Waals surface area contributed by atoms with Crippen LogP contribution in [0.3, 0.4) is 0 Å². The van der Waals surface area contributed by atoms with Gasteiger partial charge < -0.3 is 5.32 Å². The molecule has 0 saturated heterocycles. The van der Waals surface area contributed by atoms with Gasteiger partial charge in [-0.1, -0.05) is 35.9 Å². The topological polar surface area (TPSA) is 137 Å². The summed E-state index contributed by atoms with van der Waals surface area (Å²) in [5.41, 5.74) is 1.34. The minimum atomic E-state index is -3.69. The first-order chi connectivity index (χ1) is 14.8. The number of hydrogen-bond acceptors (Lipinski definition) is 6. The summed E-state index contributed by atoms with van der Waals surface area (Å²) in [4.78, 5) is 24.4. The van der Waals surface area contributed by atoms with Gasteiger partial charge in [0.25, 0.3) is 5.56 Å². The molecule has 0 saturated carbocycles. The summed E-state index contributed by atoms with van der Waals surface area (Å²) in [7, 11) is -3.69. The summed E-state index contributed by atoms with van der Waals surface area (Å²) in [6.07, 6.45) is 3.24. The maximum atomic E-state index is 12.4. The molecule has 0 spiro atoms. The number of primary sulfonamides is 1. The van der Waals surface area contributed by atoms with Crippen LogP contribution in [0.5, 0.6) is 0 Å². The number of sulfonamides is 1. The molecule has 0 unspecified atom stereocenters. The van der Waals surface area contributed by atoms with Crippen LogP contribution in [-0.4, -0.2) is 35.9 Å². The molecule has 3 N–H and O–H groups in total. The molecule has 3 aromatic rings. The number of amides is 1. The minimum Gasteiger partial charge on any atom is -0.356 e. The van der Waals surface area contributed by atoms with Crippen molar-refractivity contribution in [1.82, 2.24) is 20.3 Å². The zero-order valence-corrected chi connectivity index (χ0v) is 17.8. The van der Waals surface area contributed by atoms with E-state index in [1.165, 1.54) is 16.8 Å². The maximum absolute atomic E-state index is 12.4. The zero-order valence-electron chi connectivity index (χ0n) is 17.0. The van der Waals surface area contributed by atoms with Gasteiger partial charge in [-0.15, -0.1) is 5.10 Å². The average Bonchev–Trinajstić information content (AvgIpc) is 2.75. The number of carbonyl (C=O) groups is 1. The third kappa shape index (κ3) is 6.43. The summed E-state index contributed by atoms with van der Waals surface area (Å²) in [6, 6.07) is 13.4. The number of hydrogen-bond donors (Lipinski definition) is 2. The molecule has 0 bridgehead atoms. The molecular formula is C21H25N5O4S. The number of rotatable bonds is 10. The van der Waals surface area contributed by atoms with Crippen molar-refractivity contribution < 1.29 is 13.2 Å².